The summed E-state index contributed by atoms with van der Waals surface area (Å²) in [6.45, 7) is 8.14. The molecule has 0 aromatic rings. The monoisotopic (exact) mass is 421 g/mol. The number of ether oxygens (including phenoxy) is 1. The maximum Gasteiger partial charge on any atom is 0.308 e. The van der Waals surface area contributed by atoms with Crippen molar-refractivity contribution in [2.24, 2.45) is 29.6 Å². The molecule has 6 nitrogen and oxygen atoms in total. The van der Waals surface area contributed by atoms with Crippen molar-refractivity contribution in [1.29, 1.82) is 0 Å². The third kappa shape index (κ3) is 6.67. The summed E-state index contributed by atoms with van der Waals surface area (Å²) in [4.78, 5) is 23.1. The Morgan fingerprint density at radius 1 is 1.27 bits per heavy atom. The fourth-order valence-corrected chi connectivity index (χ4v) is 4.75. The maximum atomic E-state index is 12.5. The highest BCUT2D eigenvalue weighted by Crippen LogP contribution is 2.45. The Balaban J connectivity index is 2.09. The average molecular weight is 422 g/mol. The average Bonchev–Trinajstić information content (AvgIpc) is 2.65. The molecule has 0 fully saturated rings. The summed E-state index contributed by atoms with van der Waals surface area (Å²) in [5, 5.41) is 30.7. The molecule has 2 N–H and O–H groups in total. The zero-order valence-corrected chi connectivity index (χ0v) is 18.6. The normalized spacial score (nSPS) is 31.3. The van der Waals surface area contributed by atoms with E-state index in [1.165, 1.54) is 5.57 Å². The van der Waals surface area contributed by atoms with Crippen LogP contribution in [0.3, 0.4) is 0 Å². The van der Waals surface area contributed by atoms with Crippen LogP contribution in [-0.4, -0.2) is 40.5 Å². The first-order chi connectivity index (χ1) is 14.1. The van der Waals surface area contributed by atoms with E-state index in [4.69, 9.17) is 4.74 Å². The molecular formula is C24H37O6-. The molecule has 6 unspecified atom stereocenters. The third-order valence-electron chi connectivity index (χ3n) is 6.66. The molecule has 30 heavy (non-hydrogen) atoms. The zero-order chi connectivity index (χ0) is 22.4. The molecule has 2 aliphatic rings. The van der Waals surface area contributed by atoms with Gasteiger partial charge in [0.25, 0.3) is 0 Å². The number of aliphatic carboxylic acids is 1. The molecule has 0 spiro atoms. The molecular weight excluding hydrogens is 384 g/mol. The quantitative estimate of drug-likeness (QED) is 0.525. The Morgan fingerprint density at radius 3 is 2.60 bits per heavy atom. The summed E-state index contributed by atoms with van der Waals surface area (Å²) in [6, 6.07) is 0. The van der Waals surface area contributed by atoms with Crippen LogP contribution in [-0.2, 0) is 14.3 Å². The minimum Gasteiger partial charge on any atom is -0.550 e. The Morgan fingerprint density at radius 2 is 1.97 bits per heavy atom. The summed E-state index contributed by atoms with van der Waals surface area (Å²) >= 11 is 0. The summed E-state index contributed by atoms with van der Waals surface area (Å²) < 4.78 is 5.99. The van der Waals surface area contributed by atoms with Gasteiger partial charge in [0, 0.05) is 18.3 Å². The number of aliphatic hydroxyl groups is 2. The van der Waals surface area contributed by atoms with Crippen molar-refractivity contribution in [2.75, 3.05) is 0 Å². The molecule has 2 rings (SSSR count). The summed E-state index contributed by atoms with van der Waals surface area (Å²) in [6.07, 6.45) is 6.75. The van der Waals surface area contributed by atoms with Gasteiger partial charge in [-0.1, -0.05) is 45.9 Å². The second-order valence-electron chi connectivity index (χ2n) is 9.27. The molecule has 0 radical (unpaired) electrons. The van der Waals surface area contributed by atoms with E-state index in [1.54, 1.807) is 0 Å². The van der Waals surface area contributed by atoms with Gasteiger partial charge in [0.2, 0.25) is 0 Å². The van der Waals surface area contributed by atoms with Crippen molar-refractivity contribution in [2.45, 2.75) is 84.5 Å². The van der Waals surface area contributed by atoms with E-state index in [2.05, 4.69) is 32.1 Å². The summed E-state index contributed by atoms with van der Waals surface area (Å²) in [5.74, 6) is -0.705. The van der Waals surface area contributed by atoms with Crippen LogP contribution in [0.4, 0.5) is 0 Å². The van der Waals surface area contributed by atoms with Crippen molar-refractivity contribution in [3.63, 3.8) is 0 Å². The molecule has 0 amide bonds. The van der Waals surface area contributed by atoms with Crippen molar-refractivity contribution < 1.29 is 29.6 Å². The van der Waals surface area contributed by atoms with Gasteiger partial charge in [0.05, 0.1) is 18.1 Å². The highest BCUT2D eigenvalue weighted by atomic mass is 16.5. The van der Waals surface area contributed by atoms with Crippen molar-refractivity contribution in [1.82, 2.24) is 0 Å². The number of hydrogen-bond donors (Lipinski definition) is 2. The van der Waals surface area contributed by atoms with Crippen molar-refractivity contribution in [3.8, 4) is 0 Å². The van der Waals surface area contributed by atoms with Crippen LogP contribution in [0.5, 0.6) is 0 Å². The lowest BCUT2D eigenvalue weighted by Crippen LogP contribution is -2.41. The molecule has 2 aliphatic carbocycles. The fraction of sp³-hybridized carbons (Fsp3) is 0.750. The van der Waals surface area contributed by atoms with Gasteiger partial charge in [-0.2, -0.15) is 0 Å². The Labute approximate surface area is 180 Å². The Hall–Kier alpha value is -1.66. The number of hydrogen-bond acceptors (Lipinski definition) is 6. The topological polar surface area (TPSA) is 107 Å². The first-order valence-corrected chi connectivity index (χ1v) is 11.3. The molecule has 0 aliphatic heterocycles. The minimum absolute atomic E-state index is 0.0156. The number of esters is 1. The highest BCUT2D eigenvalue weighted by molar-refractivity contribution is 5.72. The smallest absolute Gasteiger partial charge is 0.308 e. The SMILES string of the molecule is CCC(C)C(=O)OC1C[C@@H](C)C=C2C=C[C@H](C)C(CCC(O)CC(O)CC(=O)[O-])C21. The first kappa shape index (κ1) is 24.6. The van der Waals surface area contributed by atoms with Gasteiger partial charge < -0.3 is 24.9 Å². The highest BCUT2D eigenvalue weighted by Gasteiger charge is 2.41. The van der Waals surface area contributed by atoms with Crippen LogP contribution in [0, 0.1) is 29.6 Å². The van der Waals surface area contributed by atoms with E-state index in [-0.39, 0.29) is 42.2 Å². The van der Waals surface area contributed by atoms with Crippen LogP contribution in [0.15, 0.2) is 23.8 Å². The lowest BCUT2D eigenvalue weighted by Gasteiger charge is -2.43. The van der Waals surface area contributed by atoms with Crippen LogP contribution in [0.25, 0.3) is 0 Å². The maximum absolute atomic E-state index is 12.5. The number of carbonyl (C=O) groups excluding carboxylic acids is 2. The van der Waals surface area contributed by atoms with E-state index in [1.807, 2.05) is 13.8 Å². The first-order valence-electron chi connectivity index (χ1n) is 11.3. The molecule has 6 heteroatoms. The van der Waals surface area contributed by atoms with Crippen LogP contribution >= 0.6 is 0 Å². The van der Waals surface area contributed by atoms with Crippen LogP contribution in [0.1, 0.15) is 66.2 Å². The van der Waals surface area contributed by atoms with E-state index in [0.717, 1.165) is 12.8 Å². The van der Waals surface area contributed by atoms with E-state index in [0.29, 0.717) is 18.8 Å². The number of rotatable bonds is 10. The molecule has 0 bridgehead atoms. The van der Waals surface area contributed by atoms with Gasteiger partial charge in [-0.3, -0.25) is 4.79 Å². The molecule has 8 atom stereocenters. The predicted molar refractivity (Wildman–Crippen MR) is 112 cm³/mol. The zero-order valence-electron chi connectivity index (χ0n) is 18.6. The number of carbonyl (C=O) groups is 2. The van der Waals surface area contributed by atoms with Crippen LogP contribution in [0.2, 0.25) is 0 Å². The largest absolute Gasteiger partial charge is 0.550 e. The second kappa shape index (κ2) is 11.1. The number of fused-ring (bicyclic) bond motifs is 1. The molecule has 0 saturated carbocycles. The van der Waals surface area contributed by atoms with E-state index < -0.39 is 24.6 Å². The van der Waals surface area contributed by atoms with Gasteiger partial charge in [0.1, 0.15) is 6.10 Å². The lowest BCUT2D eigenvalue weighted by molar-refractivity contribution is -0.307. The second-order valence-corrected chi connectivity index (χ2v) is 9.27. The van der Waals surface area contributed by atoms with Gasteiger partial charge in [0.15, 0.2) is 0 Å². The fourth-order valence-electron chi connectivity index (χ4n) is 4.75. The van der Waals surface area contributed by atoms with E-state index in [9.17, 15) is 24.9 Å². The molecule has 0 saturated heterocycles. The number of aliphatic hydroxyl groups excluding tert-OH is 2. The van der Waals surface area contributed by atoms with Gasteiger partial charge in [-0.15, -0.1) is 0 Å². The molecule has 0 aromatic heterocycles. The third-order valence-corrected chi connectivity index (χ3v) is 6.66. The van der Waals surface area contributed by atoms with Gasteiger partial charge in [-0.25, -0.2) is 0 Å². The molecule has 0 aromatic carbocycles. The predicted octanol–water partition coefficient (Wildman–Crippen LogP) is 2.38. The molecule has 0 heterocycles. The number of allylic oxidation sites excluding steroid dienone is 3. The van der Waals surface area contributed by atoms with Crippen molar-refractivity contribution in [3.05, 3.63) is 23.8 Å². The lowest BCUT2D eigenvalue weighted by atomic mass is 9.65. The Kier molecular flexibility index (Phi) is 9.10. The number of carboxylic acid groups (broad SMARTS) is 1. The minimum atomic E-state index is -1.32. The summed E-state index contributed by atoms with van der Waals surface area (Å²) in [5.41, 5.74) is 1.20. The Bertz CT molecular complexity index is 654. The van der Waals surface area contributed by atoms with Crippen molar-refractivity contribution >= 4 is 11.9 Å². The van der Waals surface area contributed by atoms with E-state index >= 15 is 0 Å². The standard InChI is InChI=1S/C24H38O6/c1-5-15(3)24(29)30-21-11-14(2)10-17-7-6-16(4)20(23(17)21)9-8-18(25)12-19(26)13-22(27)28/h6-7,10,14-16,18-21,23,25-26H,5,8-9,11-13H2,1-4H3,(H,27,28)/p-1/t14-,15?,16-,18?,19?,20?,21?,23?/m0/s1. The van der Waals surface area contributed by atoms with Crippen LogP contribution < -0.4 is 5.11 Å². The van der Waals surface area contributed by atoms with Gasteiger partial charge in [-0.05, 0) is 55.4 Å². The summed E-state index contributed by atoms with van der Waals surface area (Å²) in [7, 11) is 0. The van der Waals surface area contributed by atoms with Gasteiger partial charge >= 0.3 is 5.97 Å². The number of carboxylic acids is 1. The molecule has 170 valence electrons.